The third kappa shape index (κ3) is 4.00. The summed E-state index contributed by atoms with van der Waals surface area (Å²) in [6.07, 6.45) is 1.39. The lowest BCUT2D eigenvalue weighted by molar-refractivity contribution is -0.129. The molecule has 0 bridgehead atoms. The molecule has 0 radical (unpaired) electrons. The summed E-state index contributed by atoms with van der Waals surface area (Å²) >= 11 is 0. The largest absolute Gasteiger partial charge is 0.391 e. The van der Waals surface area contributed by atoms with Gasteiger partial charge in [0.2, 0.25) is 11.8 Å². The molecule has 0 aromatic carbocycles. The van der Waals surface area contributed by atoms with Crippen molar-refractivity contribution in [1.82, 2.24) is 10.2 Å². The maximum atomic E-state index is 11.8. The highest BCUT2D eigenvalue weighted by molar-refractivity contribution is 5.89. The third-order valence-electron chi connectivity index (χ3n) is 3.10. The van der Waals surface area contributed by atoms with E-state index in [-0.39, 0.29) is 24.3 Å². The zero-order valence-electron chi connectivity index (χ0n) is 10.6. The van der Waals surface area contributed by atoms with E-state index in [0.717, 1.165) is 6.42 Å². The summed E-state index contributed by atoms with van der Waals surface area (Å²) in [5.74, 6) is -0.331. The van der Waals surface area contributed by atoms with Crippen LogP contribution in [-0.2, 0) is 9.59 Å². The van der Waals surface area contributed by atoms with Crippen molar-refractivity contribution < 1.29 is 14.7 Å². The van der Waals surface area contributed by atoms with Crippen LogP contribution < -0.4 is 5.32 Å². The van der Waals surface area contributed by atoms with Crippen LogP contribution in [0.15, 0.2) is 0 Å². The molecule has 98 valence electrons. The summed E-state index contributed by atoms with van der Waals surface area (Å²) in [4.78, 5) is 24.9. The van der Waals surface area contributed by atoms with Gasteiger partial charge < -0.3 is 15.3 Å². The topological polar surface area (TPSA) is 69.6 Å². The number of aliphatic hydroxyl groups excluding tert-OH is 1. The molecule has 0 spiro atoms. The summed E-state index contributed by atoms with van der Waals surface area (Å²) in [7, 11) is 0. The molecule has 1 fully saturated rings. The predicted molar refractivity (Wildman–Crippen MR) is 64.3 cm³/mol. The minimum absolute atomic E-state index is 0.0433. The third-order valence-corrected chi connectivity index (χ3v) is 3.10. The summed E-state index contributed by atoms with van der Waals surface area (Å²) in [6, 6.07) is 0. The van der Waals surface area contributed by atoms with Crippen LogP contribution >= 0.6 is 0 Å². The molecular weight excluding hydrogens is 220 g/mol. The van der Waals surface area contributed by atoms with Crippen molar-refractivity contribution in [3.8, 4) is 0 Å². The maximum absolute atomic E-state index is 11.8. The molecule has 5 nitrogen and oxygen atoms in total. The van der Waals surface area contributed by atoms with Crippen LogP contribution in [-0.4, -0.2) is 47.6 Å². The van der Waals surface area contributed by atoms with Crippen molar-refractivity contribution in [3.63, 3.8) is 0 Å². The summed E-state index contributed by atoms with van der Waals surface area (Å²) < 4.78 is 0. The number of hydrogen-bond acceptors (Lipinski definition) is 3. The Labute approximate surface area is 102 Å². The molecule has 0 aromatic rings. The van der Waals surface area contributed by atoms with Gasteiger partial charge in [-0.15, -0.1) is 0 Å². The van der Waals surface area contributed by atoms with Crippen LogP contribution in [0.2, 0.25) is 0 Å². The number of hydrogen-bond donors (Lipinski definition) is 2. The van der Waals surface area contributed by atoms with E-state index in [0.29, 0.717) is 25.9 Å². The van der Waals surface area contributed by atoms with Crippen LogP contribution in [0, 0.1) is 5.92 Å². The van der Waals surface area contributed by atoms with E-state index in [1.165, 1.54) is 0 Å². The SMILES string of the molecule is CCCC(O)CNC(=O)C1CC(=O)N(CC)C1. The maximum Gasteiger partial charge on any atom is 0.225 e. The highest BCUT2D eigenvalue weighted by Crippen LogP contribution is 2.17. The van der Waals surface area contributed by atoms with Gasteiger partial charge in [0, 0.05) is 26.1 Å². The molecule has 2 amide bonds. The second kappa shape index (κ2) is 6.59. The Balaban J connectivity index is 2.32. The van der Waals surface area contributed by atoms with Crippen molar-refractivity contribution in [2.45, 2.75) is 39.2 Å². The van der Waals surface area contributed by atoms with Gasteiger partial charge in [-0.2, -0.15) is 0 Å². The summed E-state index contributed by atoms with van der Waals surface area (Å²) in [5.41, 5.74) is 0. The lowest BCUT2D eigenvalue weighted by Crippen LogP contribution is -2.37. The Bertz CT molecular complexity index is 281. The van der Waals surface area contributed by atoms with Crippen molar-refractivity contribution >= 4 is 11.8 Å². The lowest BCUT2D eigenvalue weighted by Gasteiger charge is -2.15. The monoisotopic (exact) mass is 242 g/mol. The van der Waals surface area contributed by atoms with Gasteiger partial charge in [0.15, 0.2) is 0 Å². The number of carbonyl (C=O) groups is 2. The molecule has 2 unspecified atom stereocenters. The number of likely N-dealkylation sites (tertiary alicyclic amines) is 1. The molecule has 5 heteroatoms. The van der Waals surface area contributed by atoms with E-state index < -0.39 is 6.10 Å². The van der Waals surface area contributed by atoms with Gasteiger partial charge in [0.25, 0.3) is 0 Å². The predicted octanol–water partition coefficient (Wildman–Crippen LogP) is 0.132. The highest BCUT2D eigenvalue weighted by atomic mass is 16.3. The molecule has 1 rings (SSSR count). The first-order chi connectivity index (χ1) is 8.08. The van der Waals surface area contributed by atoms with Crippen molar-refractivity contribution in [2.75, 3.05) is 19.6 Å². The van der Waals surface area contributed by atoms with Crippen molar-refractivity contribution in [1.29, 1.82) is 0 Å². The number of amides is 2. The average molecular weight is 242 g/mol. The van der Waals surface area contributed by atoms with Crippen molar-refractivity contribution in [3.05, 3.63) is 0 Å². The quantitative estimate of drug-likeness (QED) is 0.695. The number of carbonyl (C=O) groups excluding carboxylic acids is 2. The number of rotatable bonds is 6. The Morgan fingerprint density at radius 2 is 2.29 bits per heavy atom. The van der Waals surface area contributed by atoms with E-state index >= 15 is 0 Å². The van der Waals surface area contributed by atoms with Gasteiger partial charge in [0.05, 0.1) is 12.0 Å². The van der Waals surface area contributed by atoms with Crippen LogP contribution in [0.5, 0.6) is 0 Å². The molecule has 1 saturated heterocycles. The first-order valence-corrected chi connectivity index (χ1v) is 6.32. The van der Waals surface area contributed by atoms with E-state index in [1.54, 1.807) is 4.90 Å². The van der Waals surface area contributed by atoms with Gasteiger partial charge >= 0.3 is 0 Å². The minimum atomic E-state index is -0.483. The number of aliphatic hydroxyl groups is 1. The van der Waals surface area contributed by atoms with Gasteiger partial charge in [-0.1, -0.05) is 13.3 Å². The summed E-state index contributed by atoms with van der Waals surface area (Å²) in [5, 5.41) is 12.2. The molecule has 1 aliphatic rings. The molecule has 0 aliphatic carbocycles. The highest BCUT2D eigenvalue weighted by Gasteiger charge is 2.33. The Morgan fingerprint density at radius 3 is 2.82 bits per heavy atom. The van der Waals surface area contributed by atoms with Gasteiger partial charge in [-0.25, -0.2) is 0 Å². The van der Waals surface area contributed by atoms with E-state index in [1.807, 2.05) is 13.8 Å². The van der Waals surface area contributed by atoms with E-state index in [2.05, 4.69) is 5.32 Å². The molecule has 0 aromatic heterocycles. The first kappa shape index (κ1) is 14.0. The Morgan fingerprint density at radius 1 is 1.59 bits per heavy atom. The normalized spacial score (nSPS) is 21.7. The molecule has 17 heavy (non-hydrogen) atoms. The average Bonchev–Trinajstić information content (AvgIpc) is 2.68. The smallest absolute Gasteiger partial charge is 0.225 e. The molecule has 1 heterocycles. The van der Waals surface area contributed by atoms with Gasteiger partial charge in [-0.3, -0.25) is 9.59 Å². The van der Waals surface area contributed by atoms with E-state index in [4.69, 9.17) is 0 Å². The Hall–Kier alpha value is -1.10. The zero-order valence-corrected chi connectivity index (χ0v) is 10.6. The van der Waals surface area contributed by atoms with Crippen LogP contribution in [0.1, 0.15) is 33.1 Å². The number of nitrogens with one attached hydrogen (secondary N) is 1. The molecule has 2 atom stereocenters. The number of nitrogens with zero attached hydrogens (tertiary/aromatic N) is 1. The molecule has 2 N–H and O–H groups in total. The molecule has 0 saturated carbocycles. The lowest BCUT2D eigenvalue weighted by atomic mass is 10.1. The standard InChI is InChI=1S/C12H22N2O3/c1-3-5-10(15)7-13-12(17)9-6-11(16)14(4-2)8-9/h9-10,15H,3-8H2,1-2H3,(H,13,17). The Kier molecular flexibility index (Phi) is 5.41. The second-order valence-corrected chi connectivity index (χ2v) is 4.52. The van der Waals surface area contributed by atoms with Gasteiger partial charge in [0.1, 0.15) is 0 Å². The summed E-state index contributed by atoms with van der Waals surface area (Å²) in [6.45, 7) is 5.33. The zero-order chi connectivity index (χ0) is 12.8. The molecule has 1 aliphatic heterocycles. The minimum Gasteiger partial charge on any atom is -0.391 e. The first-order valence-electron chi connectivity index (χ1n) is 6.32. The van der Waals surface area contributed by atoms with E-state index in [9.17, 15) is 14.7 Å². The van der Waals surface area contributed by atoms with Gasteiger partial charge in [-0.05, 0) is 13.3 Å². The van der Waals surface area contributed by atoms with Crippen LogP contribution in [0.3, 0.4) is 0 Å². The molecular formula is C12H22N2O3. The fourth-order valence-electron chi connectivity index (χ4n) is 2.05. The second-order valence-electron chi connectivity index (χ2n) is 4.52. The van der Waals surface area contributed by atoms with Crippen LogP contribution in [0.25, 0.3) is 0 Å². The van der Waals surface area contributed by atoms with Crippen molar-refractivity contribution in [2.24, 2.45) is 5.92 Å². The fraction of sp³-hybridized carbons (Fsp3) is 0.833. The van der Waals surface area contributed by atoms with Crippen LogP contribution in [0.4, 0.5) is 0 Å². The fourth-order valence-corrected chi connectivity index (χ4v) is 2.05.